The van der Waals surface area contributed by atoms with Gasteiger partial charge in [0, 0.05) is 11.6 Å². The Morgan fingerprint density at radius 1 is 1.25 bits per heavy atom. The third-order valence-electron chi connectivity index (χ3n) is 2.38. The summed E-state index contributed by atoms with van der Waals surface area (Å²) in [5, 5.41) is 3.13. The second kappa shape index (κ2) is 5.50. The third-order valence-corrected chi connectivity index (χ3v) is 2.38. The van der Waals surface area contributed by atoms with Crippen LogP contribution < -0.4 is 5.32 Å². The number of allylic oxidation sites excluding steroid dienone is 1. The Bertz CT molecular complexity index is 368. The minimum absolute atomic E-state index is 0.0112. The molecule has 2 nitrogen and oxygen atoms in total. The Balaban J connectivity index is 2.96. The van der Waals surface area contributed by atoms with E-state index in [4.69, 9.17) is 0 Å². The van der Waals surface area contributed by atoms with Crippen molar-refractivity contribution >= 4 is 5.78 Å². The van der Waals surface area contributed by atoms with Crippen molar-refractivity contribution < 1.29 is 4.79 Å². The van der Waals surface area contributed by atoms with Crippen molar-refractivity contribution in [2.24, 2.45) is 5.92 Å². The average molecular weight is 217 g/mol. The highest BCUT2D eigenvalue weighted by atomic mass is 16.1. The molecule has 1 atom stereocenters. The van der Waals surface area contributed by atoms with Crippen LogP contribution in [-0.2, 0) is 4.79 Å². The molecule has 0 radical (unpaired) electrons. The number of carbonyl (C=O) groups is 1. The summed E-state index contributed by atoms with van der Waals surface area (Å²) in [5.41, 5.74) is 1.80. The van der Waals surface area contributed by atoms with Gasteiger partial charge in [0.25, 0.3) is 0 Å². The normalized spacial score (nSPS) is 12.2. The van der Waals surface area contributed by atoms with E-state index in [0.29, 0.717) is 0 Å². The molecule has 0 saturated carbocycles. The fourth-order valence-corrected chi connectivity index (χ4v) is 1.54. The molecule has 1 rings (SSSR count). The Morgan fingerprint density at radius 3 is 2.25 bits per heavy atom. The van der Waals surface area contributed by atoms with Crippen molar-refractivity contribution in [3.63, 3.8) is 0 Å². The zero-order valence-electron chi connectivity index (χ0n) is 10.2. The van der Waals surface area contributed by atoms with E-state index in [1.54, 1.807) is 0 Å². The van der Waals surface area contributed by atoms with Gasteiger partial charge in [-0.05, 0) is 12.5 Å². The van der Waals surface area contributed by atoms with Gasteiger partial charge < -0.3 is 5.32 Å². The van der Waals surface area contributed by atoms with E-state index >= 15 is 0 Å². The smallest absolute Gasteiger partial charge is 0.162 e. The predicted octanol–water partition coefficient (Wildman–Crippen LogP) is 3.08. The minimum Gasteiger partial charge on any atom is -0.376 e. The number of ketones is 1. The van der Waals surface area contributed by atoms with Crippen molar-refractivity contribution in [3.05, 3.63) is 48.2 Å². The molecule has 0 aliphatic rings. The molecule has 0 amide bonds. The van der Waals surface area contributed by atoms with Gasteiger partial charge in [0.2, 0.25) is 0 Å². The van der Waals surface area contributed by atoms with Crippen molar-refractivity contribution in [1.82, 2.24) is 5.32 Å². The van der Waals surface area contributed by atoms with E-state index in [9.17, 15) is 4.79 Å². The number of hydrogen-bond acceptors (Lipinski definition) is 2. The Hall–Kier alpha value is -1.57. The lowest BCUT2D eigenvalue weighted by atomic mass is 9.95. The monoisotopic (exact) mass is 217 g/mol. The van der Waals surface area contributed by atoms with Crippen LogP contribution in [0, 0.1) is 5.92 Å². The second-order valence-corrected chi connectivity index (χ2v) is 4.33. The Kier molecular flexibility index (Phi) is 4.29. The van der Waals surface area contributed by atoms with Gasteiger partial charge in [-0.15, -0.1) is 0 Å². The first kappa shape index (κ1) is 12.5. The fourth-order valence-electron chi connectivity index (χ4n) is 1.54. The van der Waals surface area contributed by atoms with Crippen LogP contribution in [0.3, 0.4) is 0 Å². The molecule has 0 unspecified atom stereocenters. The van der Waals surface area contributed by atoms with Crippen molar-refractivity contribution in [2.45, 2.75) is 26.8 Å². The molecular weight excluding hydrogens is 198 g/mol. The first-order chi connectivity index (χ1) is 7.52. The lowest BCUT2D eigenvalue weighted by Gasteiger charge is -2.20. The van der Waals surface area contributed by atoms with Crippen LogP contribution in [0.5, 0.6) is 0 Å². The lowest BCUT2D eigenvalue weighted by Crippen LogP contribution is -2.30. The highest BCUT2D eigenvalue weighted by molar-refractivity contribution is 5.87. The van der Waals surface area contributed by atoms with Crippen LogP contribution >= 0.6 is 0 Å². The SMILES string of the molecule is C=C(C)N[C@@H](C(=O)C(C)C)c1ccccc1. The topological polar surface area (TPSA) is 29.1 Å². The molecular formula is C14H19NO. The van der Waals surface area contributed by atoms with Crippen LogP contribution in [-0.4, -0.2) is 5.78 Å². The second-order valence-electron chi connectivity index (χ2n) is 4.33. The molecule has 0 heterocycles. The summed E-state index contributed by atoms with van der Waals surface area (Å²) in [5.74, 6) is 0.200. The summed E-state index contributed by atoms with van der Waals surface area (Å²) < 4.78 is 0. The van der Waals surface area contributed by atoms with E-state index in [-0.39, 0.29) is 17.7 Å². The largest absolute Gasteiger partial charge is 0.376 e. The van der Waals surface area contributed by atoms with Gasteiger partial charge in [0.15, 0.2) is 5.78 Å². The zero-order chi connectivity index (χ0) is 12.1. The van der Waals surface area contributed by atoms with Crippen LogP contribution in [0.4, 0.5) is 0 Å². The van der Waals surface area contributed by atoms with Gasteiger partial charge in [0.05, 0.1) is 0 Å². The highest BCUT2D eigenvalue weighted by Gasteiger charge is 2.22. The van der Waals surface area contributed by atoms with E-state index in [0.717, 1.165) is 11.3 Å². The lowest BCUT2D eigenvalue weighted by molar-refractivity contribution is -0.123. The number of hydrogen-bond donors (Lipinski definition) is 1. The fraction of sp³-hybridized carbons (Fsp3) is 0.357. The number of Topliss-reactive ketones (excluding diaryl/α,β-unsaturated/α-hetero) is 1. The summed E-state index contributed by atoms with van der Waals surface area (Å²) in [4.78, 5) is 12.1. The third kappa shape index (κ3) is 3.23. The summed E-state index contributed by atoms with van der Waals surface area (Å²) in [6.45, 7) is 9.49. The van der Waals surface area contributed by atoms with E-state index in [1.807, 2.05) is 51.1 Å². The van der Waals surface area contributed by atoms with Gasteiger partial charge in [-0.3, -0.25) is 4.79 Å². The predicted molar refractivity (Wildman–Crippen MR) is 67.0 cm³/mol. The molecule has 2 heteroatoms. The number of benzene rings is 1. The molecule has 16 heavy (non-hydrogen) atoms. The minimum atomic E-state index is -0.279. The van der Waals surface area contributed by atoms with Gasteiger partial charge in [-0.2, -0.15) is 0 Å². The maximum absolute atomic E-state index is 12.1. The summed E-state index contributed by atoms with van der Waals surface area (Å²) in [7, 11) is 0. The molecule has 0 saturated heterocycles. The molecule has 0 aliphatic carbocycles. The zero-order valence-corrected chi connectivity index (χ0v) is 10.2. The number of nitrogens with one attached hydrogen (secondary N) is 1. The van der Waals surface area contributed by atoms with Gasteiger partial charge >= 0.3 is 0 Å². The summed E-state index contributed by atoms with van der Waals surface area (Å²) in [6.07, 6.45) is 0. The molecule has 0 bridgehead atoms. The maximum Gasteiger partial charge on any atom is 0.162 e. The molecule has 0 fully saturated rings. The summed E-state index contributed by atoms with van der Waals surface area (Å²) in [6, 6.07) is 9.47. The average Bonchev–Trinajstić information content (AvgIpc) is 2.26. The van der Waals surface area contributed by atoms with E-state index < -0.39 is 0 Å². The van der Waals surface area contributed by atoms with Gasteiger partial charge in [-0.1, -0.05) is 50.8 Å². The first-order valence-electron chi connectivity index (χ1n) is 5.53. The van der Waals surface area contributed by atoms with E-state index in [1.165, 1.54) is 0 Å². The Morgan fingerprint density at radius 2 is 1.81 bits per heavy atom. The molecule has 0 aromatic heterocycles. The van der Waals surface area contributed by atoms with Crippen LogP contribution in [0.15, 0.2) is 42.6 Å². The molecule has 1 aromatic carbocycles. The standard InChI is InChI=1S/C14H19NO/c1-10(2)14(16)13(15-11(3)4)12-8-6-5-7-9-12/h5-10,13,15H,3H2,1-2,4H3/t13-/m1/s1. The maximum atomic E-state index is 12.1. The molecule has 86 valence electrons. The molecule has 1 aromatic rings. The Labute approximate surface area is 97.4 Å². The highest BCUT2D eigenvalue weighted by Crippen LogP contribution is 2.18. The quantitative estimate of drug-likeness (QED) is 0.821. The van der Waals surface area contributed by atoms with Crippen molar-refractivity contribution in [2.75, 3.05) is 0 Å². The molecule has 0 aliphatic heterocycles. The van der Waals surface area contributed by atoms with Crippen LogP contribution in [0.25, 0.3) is 0 Å². The summed E-state index contributed by atoms with van der Waals surface area (Å²) >= 11 is 0. The van der Waals surface area contributed by atoms with Gasteiger partial charge in [0.1, 0.15) is 6.04 Å². The van der Waals surface area contributed by atoms with Crippen LogP contribution in [0.1, 0.15) is 32.4 Å². The van der Waals surface area contributed by atoms with E-state index in [2.05, 4.69) is 11.9 Å². The number of carbonyl (C=O) groups excluding carboxylic acids is 1. The van der Waals surface area contributed by atoms with Crippen molar-refractivity contribution in [3.8, 4) is 0 Å². The molecule has 0 spiro atoms. The van der Waals surface area contributed by atoms with Gasteiger partial charge in [-0.25, -0.2) is 0 Å². The molecule has 1 N–H and O–H groups in total. The van der Waals surface area contributed by atoms with Crippen LogP contribution in [0.2, 0.25) is 0 Å². The first-order valence-corrected chi connectivity index (χ1v) is 5.53. The van der Waals surface area contributed by atoms with Crippen molar-refractivity contribution in [1.29, 1.82) is 0 Å². The number of rotatable bonds is 5.